The SMILES string of the molecule is CC(C)N1CCN(C(=O)c2ccc3c(c2)cc(C(=O)N2CCC(F)(F)CC2)n3C(C)c2ccccc2F)CC1. The first-order chi connectivity index (χ1) is 18.6. The second-order valence-corrected chi connectivity index (χ2v) is 10.9. The van der Waals surface area contributed by atoms with Crippen molar-refractivity contribution in [2.75, 3.05) is 39.3 Å². The van der Waals surface area contributed by atoms with Gasteiger partial charge in [-0.15, -0.1) is 0 Å². The summed E-state index contributed by atoms with van der Waals surface area (Å²) in [5, 5.41) is 0.676. The molecule has 39 heavy (non-hydrogen) atoms. The molecule has 0 aliphatic carbocycles. The number of halogens is 3. The van der Waals surface area contributed by atoms with Gasteiger partial charge in [-0.1, -0.05) is 18.2 Å². The molecule has 1 atom stereocenters. The maximum Gasteiger partial charge on any atom is 0.270 e. The first-order valence-corrected chi connectivity index (χ1v) is 13.7. The smallest absolute Gasteiger partial charge is 0.270 e. The Hall–Kier alpha value is -3.33. The Labute approximate surface area is 227 Å². The van der Waals surface area contributed by atoms with Gasteiger partial charge in [-0.25, -0.2) is 13.2 Å². The fraction of sp³-hybridized carbons (Fsp3) is 0.467. The lowest BCUT2D eigenvalue weighted by atomic mass is 10.1. The molecule has 2 aliphatic rings. The highest BCUT2D eigenvalue weighted by Gasteiger charge is 2.37. The predicted molar refractivity (Wildman–Crippen MR) is 145 cm³/mol. The van der Waals surface area contributed by atoms with E-state index in [2.05, 4.69) is 18.7 Å². The van der Waals surface area contributed by atoms with E-state index in [4.69, 9.17) is 0 Å². The molecule has 1 unspecified atom stereocenters. The number of piperazine rings is 1. The Balaban J connectivity index is 1.50. The molecule has 5 rings (SSSR count). The second-order valence-electron chi connectivity index (χ2n) is 10.9. The van der Waals surface area contributed by atoms with Crippen molar-refractivity contribution in [3.8, 4) is 0 Å². The first-order valence-electron chi connectivity index (χ1n) is 13.7. The summed E-state index contributed by atoms with van der Waals surface area (Å²) in [6.45, 7) is 8.92. The number of likely N-dealkylation sites (tertiary alicyclic amines) is 1. The first kappa shape index (κ1) is 27.2. The van der Waals surface area contributed by atoms with Gasteiger partial charge in [-0.3, -0.25) is 14.5 Å². The molecule has 2 fully saturated rings. The minimum atomic E-state index is -2.78. The molecular weight excluding hydrogens is 505 g/mol. The third-order valence-electron chi connectivity index (χ3n) is 8.16. The lowest BCUT2D eigenvalue weighted by Gasteiger charge is -2.37. The third kappa shape index (κ3) is 5.41. The average Bonchev–Trinajstić information content (AvgIpc) is 3.31. The van der Waals surface area contributed by atoms with E-state index in [1.165, 1.54) is 11.0 Å². The maximum absolute atomic E-state index is 14.8. The van der Waals surface area contributed by atoms with Crippen molar-refractivity contribution in [1.29, 1.82) is 0 Å². The van der Waals surface area contributed by atoms with E-state index in [-0.39, 0.29) is 37.7 Å². The summed E-state index contributed by atoms with van der Waals surface area (Å²) in [5.74, 6) is -3.61. The summed E-state index contributed by atoms with van der Waals surface area (Å²) in [5.41, 5.74) is 1.91. The Kier molecular flexibility index (Phi) is 7.46. The summed E-state index contributed by atoms with van der Waals surface area (Å²) in [6.07, 6.45) is -0.769. The van der Waals surface area contributed by atoms with Gasteiger partial charge < -0.3 is 14.4 Å². The van der Waals surface area contributed by atoms with Gasteiger partial charge >= 0.3 is 0 Å². The molecule has 0 saturated carbocycles. The van der Waals surface area contributed by atoms with Crippen LogP contribution in [0.1, 0.15) is 66.1 Å². The number of carbonyl (C=O) groups excluding carboxylic acids is 2. The van der Waals surface area contributed by atoms with E-state index < -0.39 is 17.8 Å². The summed E-state index contributed by atoms with van der Waals surface area (Å²) >= 11 is 0. The minimum Gasteiger partial charge on any atom is -0.337 e. The van der Waals surface area contributed by atoms with Crippen LogP contribution in [0.2, 0.25) is 0 Å². The highest BCUT2D eigenvalue weighted by molar-refractivity contribution is 6.02. The Morgan fingerprint density at radius 1 is 0.821 bits per heavy atom. The van der Waals surface area contributed by atoms with Gasteiger partial charge in [-0.2, -0.15) is 0 Å². The van der Waals surface area contributed by atoms with Crippen LogP contribution in [0.15, 0.2) is 48.5 Å². The van der Waals surface area contributed by atoms with Gasteiger partial charge in [-0.05, 0) is 51.1 Å². The third-order valence-corrected chi connectivity index (χ3v) is 8.16. The second kappa shape index (κ2) is 10.7. The van der Waals surface area contributed by atoms with E-state index >= 15 is 0 Å². The zero-order valence-corrected chi connectivity index (χ0v) is 22.7. The molecule has 0 spiro atoms. The van der Waals surface area contributed by atoms with Crippen LogP contribution in [-0.2, 0) is 0 Å². The molecular formula is C30H35F3N4O2. The number of piperidine rings is 1. The van der Waals surface area contributed by atoms with E-state index in [9.17, 15) is 22.8 Å². The molecule has 9 heteroatoms. The van der Waals surface area contributed by atoms with Crippen molar-refractivity contribution < 1.29 is 22.8 Å². The van der Waals surface area contributed by atoms with Gasteiger partial charge in [0.25, 0.3) is 17.7 Å². The van der Waals surface area contributed by atoms with E-state index in [1.54, 1.807) is 47.0 Å². The quantitative estimate of drug-likeness (QED) is 0.434. The van der Waals surface area contributed by atoms with E-state index in [0.29, 0.717) is 46.9 Å². The summed E-state index contributed by atoms with van der Waals surface area (Å²) < 4.78 is 44.2. The van der Waals surface area contributed by atoms with Crippen molar-refractivity contribution in [3.63, 3.8) is 0 Å². The Morgan fingerprint density at radius 2 is 1.46 bits per heavy atom. The van der Waals surface area contributed by atoms with Crippen LogP contribution < -0.4 is 0 Å². The largest absolute Gasteiger partial charge is 0.337 e. The molecule has 2 aliphatic heterocycles. The molecule has 0 radical (unpaired) electrons. The number of alkyl halides is 2. The fourth-order valence-corrected chi connectivity index (χ4v) is 5.73. The Bertz CT molecular complexity index is 1370. The van der Waals surface area contributed by atoms with Crippen molar-refractivity contribution >= 4 is 22.7 Å². The van der Waals surface area contributed by atoms with Gasteiger partial charge in [0.15, 0.2) is 0 Å². The zero-order valence-electron chi connectivity index (χ0n) is 22.7. The molecule has 6 nitrogen and oxygen atoms in total. The highest BCUT2D eigenvalue weighted by atomic mass is 19.3. The summed E-state index contributed by atoms with van der Waals surface area (Å²) in [4.78, 5) is 32.6. The van der Waals surface area contributed by atoms with Gasteiger partial charge in [0.05, 0.1) is 6.04 Å². The number of fused-ring (bicyclic) bond motifs is 1. The maximum atomic E-state index is 14.8. The topological polar surface area (TPSA) is 48.8 Å². The number of carbonyl (C=O) groups is 2. The summed E-state index contributed by atoms with van der Waals surface area (Å²) in [6, 6.07) is 13.3. The minimum absolute atomic E-state index is 0.0481. The van der Waals surface area contributed by atoms with Crippen LogP contribution in [0.4, 0.5) is 13.2 Å². The Morgan fingerprint density at radius 3 is 2.10 bits per heavy atom. The van der Waals surface area contributed by atoms with Gasteiger partial charge in [0.2, 0.25) is 0 Å². The van der Waals surface area contributed by atoms with Crippen molar-refractivity contribution in [3.05, 3.63) is 71.2 Å². The van der Waals surface area contributed by atoms with Crippen LogP contribution in [0.25, 0.3) is 10.9 Å². The van der Waals surface area contributed by atoms with E-state index in [1.807, 2.05) is 11.8 Å². The number of aromatic nitrogens is 1. The normalized spacial score (nSPS) is 19.1. The molecule has 2 saturated heterocycles. The summed E-state index contributed by atoms with van der Waals surface area (Å²) in [7, 11) is 0. The molecule has 2 amide bonds. The van der Waals surface area contributed by atoms with Gasteiger partial charge in [0.1, 0.15) is 11.5 Å². The number of rotatable bonds is 5. The monoisotopic (exact) mass is 540 g/mol. The number of amides is 2. The predicted octanol–water partition coefficient (Wildman–Crippen LogP) is 5.43. The van der Waals surface area contributed by atoms with Crippen LogP contribution in [0.5, 0.6) is 0 Å². The number of nitrogens with zero attached hydrogens (tertiary/aromatic N) is 4. The number of hydrogen-bond donors (Lipinski definition) is 0. The van der Waals surface area contributed by atoms with Crippen molar-refractivity contribution in [1.82, 2.24) is 19.3 Å². The number of benzene rings is 2. The van der Waals surface area contributed by atoms with Crippen LogP contribution >= 0.6 is 0 Å². The molecule has 0 N–H and O–H groups in total. The van der Waals surface area contributed by atoms with Crippen LogP contribution in [0, 0.1) is 5.82 Å². The van der Waals surface area contributed by atoms with E-state index in [0.717, 1.165) is 13.1 Å². The van der Waals surface area contributed by atoms with Crippen molar-refractivity contribution in [2.45, 2.75) is 51.6 Å². The van der Waals surface area contributed by atoms with Crippen LogP contribution in [0.3, 0.4) is 0 Å². The molecule has 2 aromatic carbocycles. The highest BCUT2D eigenvalue weighted by Crippen LogP contribution is 2.33. The molecule has 0 bridgehead atoms. The zero-order chi connectivity index (χ0) is 27.9. The molecule has 1 aromatic heterocycles. The van der Waals surface area contributed by atoms with Crippen LogP contribution in [-0.4, -0.2) is 82.3 Å². The fourth-order valence-electron chi connectivity index (χ4n) is 5.73. The number of hydrogen-bond acceptors (Lipinski definition) is 3. The van der Waals surface area contributed by atoms with Crippen molar-refractivity contribution in [2.24, 2.45) is 0 Å². The lowest BCUT2D eigenvalue weighted by molar-refractivity contribution is -0.0495. The van der Waals surface area contributed by atoms with Gasteiger partial charge in [0, 0.05) is 80.2 Å². The molecule has 3 aromatic rings. The standard InChI is InChI=1S/C30H35F3N4O2/c1-20(2)34-14-16-36(17-15-34)28(38)22-8-9-26-23(18-22)19-27(29(39)35-12-10-30(32,33)11-13-35)37(26)21(3)24-6-4-5-7-25(24)31/h4-9,18-21H,10-17H2,1-3H3. The molecule has 208 valence electrons. The lowest BCUT2D eigenvalue weighted by Crippen LogP contribution is -2.50. The molecule has 3 heterocycles. The average molecular weight is 541 g/mol.